The minimum Gasteiger partial charge on any atom is -0.481 e. The Morgan fingerprint density at radius 1 is 1.27 bits per heavy atom. The van der Waals surface area contributed by atoms with Gasteiger partial charge in [0, 0.05) is 0 Å². The van der Waals surface area contributed by atoms with Crippen molar-refractivity contribution < 1.29 is 15.0 Å². The third-order valence-corrected chi connectivity index (χ3v) is 4.41. The average Bonchev–Trinajstić information content (AvgIpc) is 2.17. The third-order valence-electron chi connectivity index (χ3n) is 4.41. The number of carboxylic acids is 1. The van der Waals surface area contributed by atoms with Gasteiger partial charge in [-0.05, 0) is 44.4 Å². The number of aliphatic carboxylic acids is 1. The van der Waals surface area contributed by atoms with E-state index in [4.69, 9.17) is 5.11 Å². The predicted octanol–water partition coefficient (Wildman–Crippen LogP) is 2.04. The second-order valence-corrected chi connectivity index (χ2v) is 5.40. The summed E-state index contributed by atoms with van der Waals surface area (Å²) in [5, 5.41) is 19.4. The highest BCUT2D eigenvalue weighted by Crippen LogP contribution is 2.48. The van der Waals surface area contributed by atoms with Gasteiger partial charge in [0.15, 0.2) is 0 Å². The lowest BCUT2D eigenvalue weighted by Gasteiger charge is -2.48. The summed E-state index contributed by atoms with van der Waals surface area (Å²) < 4.78 is 0. The summed E-state index contributed by atoms with van der Waals surface area (Å²) >= 11 is 0. The van der Waals surface area contributed by atoms with Gasteiger partial charge < -0.3 is 10.2 Å². The summed E-state index contributed by atoms with van der Waals surface area (Å²) in [5.74, 6) is -0.459. The molecular weight excluding hydrogens is 192 g/mol. The van der Waals surface area contributed by atoms with Crippen LogP contribution in [0.2, 0.25) is 0 Å². The first-order chi connectivity index (χ1) is 7.02. The van der Waals surface area contributed by atoms with Crippen LogP contribution >= 0.6 is 0 Å². The zero-order valence-electron chi connectivity index (χ0n) is 9.28. The van der Waals surface area contributed by atoms with Gasteiger partial charge in [-0.2, -0.15) is 0 Å². The number of carboxylic acid groups (broad SMARTS) is 1. The molecule has 3 heteroatoms. The summed E-state index contributed by atoms with van der Waals surface area (Å²) in [7, 11) is 0. The van der Waals surface area contributed by atoms with Crippen molar-refractivity contribution in [3.63, 3.8) is 0 Å². The van der Waals surface area contributed by atoms with E-state index in [-0.39, 0.29) is 17.8 Å². The minimum atomic E-state index is -0.664. The topological polar surface area (TPSA) is 57.5 Å². The second kappa shape index (κ2) is 3.78. The van der Waals surface area contributed by atoms with Gasteiger partial charge in [-0.3, -0.25) is 4.79 Å². The lowest BCUT2D eigenvalue weighted by Crippen LogP contribution is -2.49. The molecule has 2 rings (SSSR count). The van der Waals surface area contributed by atoms with E-state index in [0.717, 1.165) is 25.7 Å². The largest absolute Gasteiger partial charge is 0.481 e. The van der Waals surface area contributed by atoms with Crippen molar-refractivity contribution in [3.8, 4) is 0 Å². The maximum atomic E-state index is 11.1. The molecule has 0 aromatic heterocycles. The molecule has 0 amide bonds. The quantitative estimate of drug-likeness (QED) is 0.699. The standard InChI is InChI=1S/C12H20O3/c1-12(15)7-6-9(11(13)14)8-4-2-3-5-10(8)12/h8-10,15H,2-7H2,1H3,(H,13,14)/t8-,9?,10+,12?/m0/s1. The highest BCUT2D eigenvalue weighted by atomic mass is 16.4. The number of hydrogen-bond donors (Lipinski definition) is 2. The van der Waals surface area contributed by atoms with Gasteiger partial charge >= 0.3 is 5.97 Å². The van der Waals surface area contributed by atoms with Crippen molar-refractivity contribution in [2.45, 2.75) is 51.0 Å². The van der Waals surface area contributed by atoms with Crippen LogP contribution in [0.15, 0.2) is 0 Å². The molecular formula is C12H20O3. The Bertz CT molecular complexity index is 260. The first-order valence-corrected chi connectivity index (χ1v) is 5.97. The predicted molar refractivity (Wildman–Crippen MR) is 56.4 cm³/mol. The van der Waals surface area contributed by atoms with Crippen LogP contribution in [-0.2, 0) is 4.79 Å². The summed E-state index contributed by atoms with van der Waals surface area (Å²) in [4.78, 5) is 11.1. The molecule has 0 aromatic carbocycles. The molecule has 2 N–H and O–H groups in total. The van der Waals surface area contributed by atoms with Crippen molar-refractivity contribution >= 4 is 5.97 Å². The van der Waals surface area contributed by atoms with Crippen molar-refractivity contribution in [2.24, 2.45) is 17.8 Å². The van der Waals surface area contributed by atoms with Gasteiger partial charge in [-0.25, -0.2) is 0 Å². The lowest BCUT2D eigenvalue weighted by molar-refractivity contribution is -0.155. The first kappa shape index (κ1) is 10.9. The Kier molecular flexibility index (Phi) is 2.75. The Hall–Kier alpha value is -0.570. The summed E-state index contributed by atoms with van der Waals surface area (Å²) in [6.45, 7) is 1.88. The van der Waals surface area contributed by atoms with Crippen LogP contribution in [0.3, 0.4) is 0 Å². The smallest absolute Gasteiger partial charge is 0.306 e. The van der Waals surface area contributed by atoms with Crippen LogP contribution in [0.25, 0.3) is 0 Å². The van der Waals surface area contributed by atoms with Gasteiger partial charge in [0.1, 0.15) is 0 Å². The van der Waals surface area contributed by atoms with E-state index in [2.05, 4.69) is 0 Å². The number of carbonyl (C=O) groups is 1. The van der Waals surface area contributed by atoms with Gasteiger partial charge in [-0.15, -0.1) is 0 Å². The highest BCUT2D eigenvalue weighted by Gasteiger charge is 2.48. The molecule has 0 saturated heterocycles. The van der Waals surface area contributed by atoms with E-state index >= 15 is 0 Å². The lowest BCUT2D eigenvalue weighted by atomic mass is 9.59. The Morgan fingerprint density at radius 2 is 1.93 bits per heavy atom. The van der Waals surface area contributed by atoms with Crippen LogP contribution in [0, 0.1) is 17.8 Å². The molecule has 86 valence electrons. The third kappa shape index (κ3) is 1.89. The normalized spacial score (nSPS) is 45.9. The molecule has 0 bridgehead atoms. The number of aliphatic hydroxyl groups is 1. The zero-order chi connectivity index (χ0) is 11.1. The van der Waals surface area contributed by atoms with Crippen molar-refractivity contribution in [3.05, 3.63) is 0 Å². The number of fused-ring (bicyclic) bond motifs is 1. The molecule has 15 heavy (non-hydrogen) atoms. The fourth-order valence-electron chi connectivity index (χ4n) is 3.57. The molecule has 2 saturated carbocycles. The average molecular weight is 212 g/mol. The van der Waals surface area contributed by atoms with Gasteiger partial charge in [0.2, 0.25) is 0 Å². The van der Waals surface area contributed by atoms with Crippen molar-refractivity contribution in [2.75, 3.05) is 0 Å². The Balaban J connectivity index is 2.19. The van der Waals surface area contributed by atoms with E-state index in [1.807, 2.05) is 6.92 Å². The molecule has 4 atom stereocenters. The van der Waals surface area contributed by atoms with E-state index in [1.54, 1.807) is 0 Å². The summed E-state index contributed by atoms with van der Waals surface area (Å²) in [6, 6.07) is 0. The second-order valence-electron chi connectivity index (χ2n) is 5.40. The van der Waals surface area contributed by atoms with Crippen LogP contribution in [0.5, 0.6) is 0 Å². The van der Waals surface area contributed by atoms with E-state index < -0.39 is 11.6 Å². The molecule has 0 radical (unpaired) electrons. The maximum Gasteiger partial charge on any atom is 0.306 e. The van der Waals surface area contributed by atoms with E-state index in [0.29, 0.717) is 12.8 Å². The summed E-state index contributed by atoms with van der Waals surface area (Å²) in [6.07, 6.45) is 5.54. The maximum absolute atomic E-state index is 11.1. The van der Waals surface area contributed by atoms with Crippen molar-refractivity contribution in [1.82, 2.24) is 0 Å². The van der Waals surface area contributed by atoms with Crippen LogP contribution in [0.1, 0.15) is 45.4 Å². The summed E-state index contributed by atoms with van der Waals surface area (Å²) in [5.41, 5.74) is -0.628. The van der Waals surface area contributed by atoms with E-state index in [1.165, 1.54) is 0 Å². The molecule has 2 aliphatic rings. The number of hydrogen-bond acceptors (Lipinski definition) is 2. The van der Waals surface area contributed by atoms with Gasteiger partial charge in [0.05, 0.1) is 11.5 Å². The SMILES string of the molecule is CC1(O)CCC(C(=O)O)[C@@H]2CCCC[C@H]21. The fourth-order valence-corrected chi connectivity index (χ4v) is 3.57. The molecule has 2 aliphatic carbocycles. The van der Waals surface area contributed by atoms with Gasteiger partial charge in [-0.1, -0.05) is 12.8 Å². The Labute approximate surface area is 90.5 Å². The van der Waals surface area contributed by atoms with Crippen LogP contribution < -0.4 is 0 Å². The zero-order valence-corrected chi connectivity index (χ0v) is 9.28. The monoisotopic (exact) mass is 212 g/mol. The fraction of sp³-hybridized carbons (Fsp3) is 0.917. The molecule has 0 heterocycles. The molecule has 2 unspecified atom stereocenters. The minimum absolute atomic E-state index is 0.208. The highest BCUT2D eigenvalue weighted by molar-refractivity contribution is 5.70. The first-order valence-electron chi connectivity index (χ1n) is 5.97. The molecule has 0 aromatic rings. The Morgan fingerprint density at radius 3 is 2.60 bits per heavy atom. The van der Waals surface area contributed by atoms with E-state index in [9.17, 15) is 9.90 Å². The number of rotatable bonds is 1. The molecule has 0 spiro atoms. The van der Waals surface area contributed by atoms with Crippen molar-refractivity contribution in [1.29, 1.82) is 0 Å². The molecule has 0 aliphatic heterocycles. The van der Waals surface area contributed by atoms with Crippen LogP contribution in [0.4, 0.5) is 0 Å². The molecule has 3 nitrogen and oxygen atoms in total. The van der Waals surface area contributed by atoms with Gasteiger partial charge in [0.25, 0.3) is 0 Å². The molecule has 2 fully saturated rings. The van der Waals surface area contributed by atoms with Crippen LogP contribution in [-0.4, -0.2) is 21.8 Å².